The van der Waals surface area contributed by atoms with Gasteiger partial charge in [-0.3, -0.25) is 0 Å². The number of nitrogens with zero attached hydrogens (tertiary/aromatic N) is 1. The van der Waals surface area contributed by atoms with Crippen molar-refractivity contribution >= 4 is 32.4 Å². The van der Waals surface area contributed by atoms with Gasteiger partial charge in [0.2, 0.25) is 0 Å². The number of hydrogen-bond donors (Lipinski definition) is 1. The Bertz CT molecular complexity index is 289. The Morgan fingerprint density at radius 3 is 2.35 bits per heavy atom. The molecule has 1 heterocycles. The molecule has 4 heteroatoms. The maximum Gasteiger partial charge on any atom is 0.183 e. The number of unbranched alkanes of at least 4 members (excludes halogenated alkanes) is 7. The van der Waals surface area contributed by atoms with Crippen LogP contribution in [0.25, 0.3) is 0 Å². The van der Waals surface area contributed by atoms with E-state index in [-0.39, 0.29) is 0 Å². The molecule has 0 bridgehead atoms. The van der Waals surface area contributed by atoms with Crippen molar-refractivity contribution in [3.05, 3.63) is 9.98 Å². The van der Waals surface area contributed by atoms with E-state index in [2.05, 4.69) is 33.2 Å². The molecule has 1 aromatic rings. The lowest BCUT2D eigenvalue weighted by atomic mass is 10.1. The molecule has 0 aromatic carbocycles. The molecule has 0 amide bonds. The zero-order valence-corrected chi connectivity index (χ0v) is 13.1. The summed E-state index contributed by atoms with van der Waals surface area (Å²) in [5, 5.41) is 6.39. The molecule has 2 nitrogen and oxygen atoms in total. The van der Waals surface area contributed by atoms with Crippen molar-refractivity contribution in [2.24, 2.45) is 0 Å². The molecule has 1 N–H and O–H groups in total. The van der Waals surface area contributed by atoms with Crippen molar-refractivity contribution in [1.82, 2.24) is 4.98 Å². The highest BCUT2D eigenvalue weighted by Crippen LogP contribution is 2.19. The van der Waals surface area contributed by atoms with E-state index < -0.39 is 0 Å². The fraction of sp³-hybridized carbons (Fsp3) is 0.769. The van der Waals surface area contributed by atoms with Crippen molar-refractivity contribution in [2.75, 3.05) is 11.9 Å². The first-order chi connectivity index (χ1) is 8.33. The molecule has 0 radical (unpaired) electrons. The number of anilines is 1. The van der Waals surface area contributed by atoms with Crippen LogP contribution >= 0.6 is 27.3 Å². The molecule has 0 spiro atoms. The molecule has 0 fully saturated rings. The van der Waals surface area contributed by atoms with Gasteiger partial charge in [0.25, 0.3) is 0 Å². The van der Waals surface area contributed by atoms with Crippen molar-refractivity contribution < 1.29 is 0 Å². The quantitative estimate of drug-likeness (QED) is 0.579. The van der Waals surface area contributed by atoms with E-state index in [1.54, 1.807) is 11.3 Å². The Labute approximate surface area is 117 Å². The Kier molecular flexibility index (Phi) is 8.71. The highest BCUT2D eigenvalue weighted by atomic mass is 79.9. The van der Waals surface area contributed by atoms with Gasteiger partial charge in [-0.25, -0.2) is 4.98 Å². The molecule has 0 unspecified atom stereocenters. The minimum Gasteiger partial charge on any atom is -0.361 e. The zero-order valence-electron chi connectivity index (χ0n) is 10.7. The van der Waals surface area contributed by atoms with Crippen LogP contribution in [0.2, 0.25) is 0 Å². The Morgan fingerprint density at radius 1 is 1.12 bits per heavy atom. The molecule has 0 aliphatic heterocycles. The van der Waals surface area contributed by atoms with Crippen LogP contribution in [0, 0.1) is 0 Å². The van der Waals surface area contributed by atoms with Crippen LogP contribution in [0.15, 0.2) is 9.98 Å². The van der Waals surface area contributed by atoms with Crippen molar-refractivity contribution in [3.8, 4) is 0 Å². The number of thiazole rings is 1. The lowest BCUT2D eigenvalue weighted by Gasteiger charge is -2.03. The summed E-state index contributed by atoms with van der Waals surface area (Å²) in [6, 6.07) is 0. The fourth-order valence-corrected chi connectivity index (χ4v) is 2.96. The van der Waals surface area contributed by atoms with Crippen LogP contribution in [0.4, 0.5) is 5.13 Å². The van der Waals surface area contributed by atoms with E-state index in [0.29, 0.717) is 0 Å². The summed E-state index contributed by atoms with van der Waals surface area (Å²) < 4.78 is 0.931. The van der Waals surface area contributed by atoms with Gasteiger partial charge in [0.1, 0.15) is 4.60 Å². The van der Waals surface area contributed by atoms with Gasteiger partial charge in [0.05, 0.1) is 0 Å². The number of nitrogens with one attached hydrogen (secondary N) is 1. The fourth-order valence-electron chi connectivity index (χ4n) is 1.79. The number of hydrogen-bond acceptors (Lipinski definition) is 3. The molecule has 1 rings (SSSR count). The molecule has 0 saturated heterocycles. The van der Waals surface area contributed by atoms with Gasteiger partial charge >= 0.3 is 0 Å². The molecule has 1 aromatic heterocycles. The van der Waals surface area contributed by atoms with E-state index in [4.69, 9.17) is 0 Å². The summed E-state index contributed by atoms with van der Waals surface area (Å²) in [6.07, 6.45) is 11.0. The van der Waals surface area contributed by atoms with Gasteiger partial charge in [-0.2, -0.15) is 0 Å². The van der Waals surface area contributed by atoms with Crippen LogP contribution in [0.5, 0.6) is 0 Å². The van der Waals surface area contributed by atoms with Gasteiger partial charge in [-0.15, -0.1) is 11.3 Å². The Morgan fingerprint density at radius 2 is 1.76 bits per heavy atom. The second-order valence-electron chi connectivity index (χ2n) is 4.38. The number of halogens is 1. The van der Waals surface area contributed by atoms with Crippen LogP contribution in [-0.4, -0.2) is 11.5 Å². The minimum absolute atomic E-state index is 0.931. The highest BCUT2D eigenvalue weighted by molar-refractivity contribution is 9.10. The number of rotatable bonds is 10. The van der Waals surface area contributed by atoms with Crippen molar-refractivity contribution in [3.63, 3.8) is 0 Å². The average molecular weight is 319 g/mol. The third-order valence-corrected chi connectivity index (χ3v) is 4.29. The normalized spacial score (nSPS) is 10.7. The zero-order chi connectivity index (χ0) is 12.3. The van der Waals surface area contributed by atoms with E-state index in [0.717, 1.165) is 16.3 Å². The summed E-state index contributed by atoms with van der Waals surface area (Å²) >= 11 is 5.01. The Balaban J connectivity index is 1.84. The molecule has 0 saturated carbocycles. The lowest BCUT2D eigenvalue weighted by molar-refractivity contribution is 0.581. The van der Waals surface area contributed by atoms with Gasteiger partial charge in [-0.05, 0) is 22.4 Å². The molecule has 0 aliphatic rings. The van der Waals surface area contributed by atoms with E-state index in [9.17, 15) is 0 Å². The molecule has 0 atom stereocenters. The summed E-state index contributed by atoms with van der Waals surface area (Å²) in [6.45, 7) is 3.32. The van der Waals surface area contributed by atoms with Crippen LogP contribution in [0.3, 0.4) is 0 Å². The third kappa shape index (κ3) is 7.77. The standard InChI is InChI=1S/C13H23BrN2S/c1-2-3-4-5-6-7-8-9-10-15-13-16-12(14)11-17-13/h11H,2-10H2,1H3,(H,15,16). The monoisotopic (exact) mass is 318 g/mol. The smallest absolute Gasteiger partial charge is 0.183 e. The molecule has 98 valence electrons. The molecular formula is C13H23BrN2S. The predicted molar refractivity (Wildman–Crippen MR) is 80.9 cm³/mol. The SMILES string of the molecule is CCCCCCCCCCNc1nc(Br)cs1. The first-order valence-corrected chi connectivity index (χ1v) is 8.35. The summed E-state index contributed by atoms with van der Waals surface area (Å²) in [4.78, 5) is 4.30. The summed E-state index contributed by atoms with van der Waals surface area (Å²) in [7, 11) is 0. The van der Waals surface area contributed by atoms with E-state index in [1.807, 2.05) is 5.38 Å². The predicted octanol–water partition coefficient (Wildman–Crippen LogP) is 5.46. The van der Waals surface area contributed by atoms with Crippen molar-refractivity contribution in [1.29, 1.82) is 0 Å². The molecular weight excluding hydrogens is 296 g/mol. The molecule has 17 heavy (non-hydrogen) atoms. The Hall–Kier alpha value is -0.0900. The average Bonchev–Trinajstić information content (AvgIpc) is 2.73. The summed E-state index contributed by atoms with van der Waals surface area (Å²) in [5.74, 6) is 0. The van der Waals surface area contributed by atoms with Gasteiger partial charge < -0.3 is 5.32 Å². The van der Waals surface area contributed by atoms with Gasteiger partial charge in [-0.1, -0.05) is 51.9 Å². The topological polar surface area (TPSA) is 24.9 Å². The van der Waals surface area contributed by atoms with Crippen LogP contribution in [0.1, 0.15) is 58.3 Å². The van der Waals surface area contributed by atoms with Crippen molar-refractivity contribution in [2.45, 2.75) is 58.3 Å². The largest absolute Gasteiger partial charge is 0.361 e. The lowest BCUT2D eigenvalue weighted by Crippen LogP contribution is -2.00. The second-order valence-corrected chi connectivity index (χ2v) is 6.05. The second kappa shape index (κ2) is 9.89. The van der Waals surface area contributed by atoms with Gasteiger partial charge in [0, 0.05) is 11.9 Å². The maximum atomic E-state index is 4.30. The third-order valence-electron chi connectivity index (χ3n) is 2.78. The van der Waals surface area contributed by atoms with Crippen LogP contribution < -0.4 is 5.32 Å². The first-order valence-electron chi connectivity index (χ1n) is 6.68. The first kappa shape index (κ1) is 15.0. The van der Waals surface area contributed by atoms with Gasteiger partial charge in [0.15, 0.2) is 5.13 Å². The number of aromatic nitrogens is 1. The van der Waals surface area contributed by atoms with E-state index in [1.165, 1.54) is 51.4 Å². The van der Waals surface area contributed by atoms with Crippen LogP contribution in [-0.2, 0) is 0 Å². The minimum atomic E-state index is 0.931. The molecule has 0 aliphatic carbocycles. The highest BCUT2D eigenvalue weighted by Gasteiger charge is 1.97. The summed E-state index contributed by atoms with van der Waals surface area (Å²) in [5.41, 5.74) is 0. The maximum absolute atomic E-state index is 4.30. The van der Waals surface area contributed by atoms with E-state index >= 15 is 0 Å².